The van der Waals surface area contributed by atoms with E-state index in [9.17, 15) is 0 Å². The Morgan fingerprint density at radius 1 is 1.12 bits per heavy atom. The SMILES string of the molecule is Cc1c(Cl)cccc1N=c1scc(C)n1CCc1c[nH]c2ccccc12. The zero-order valence-electron chi connectivity index (χ0n) is 14.8. The first-order chi connectivity index (χ1) is 12.6. The number of benzene rings is 2. The molecule has 0 saturated heterocycles. The van der Waals surface area contributed by atoms with Gasteiger partial charge < -0.3 is 9.55 Å². The number of fused-ring (bicyclic) bond motifs is 1. The number of aromatic nitrogens is 2. The van der Waals surface area contributed by atoms with E-state index in [-0.39, 0.29) is 0 Å². The van der Waals surface area contributed by atoms with Crippen LogP contribution in [0.15, 0.2) is 59.0 Å². The van der Waals surface area contributed by atoms with Crippen LogP contribution in [0, 0.1) is 13.8 Å². The summed E-state index contributed by atoms with van der Waals surface area (Å²) in [6, 6.07) is 14.3. The molecule has 0 unspecified atom stereocenters. The molecule has 2 heterocycles. The molecular formula is C21H20ClN3S. The molecule has 0 bridgehead atoms. The summed E-state index contributed by atoms with van der Waals surface area (Å²) in [6.07, 6.45) is 3.08. The van der Waals surface area contributed by atoms with Crippen molar-refractivity contribution in [2.75, 3.05) is 0 Å². The quantitative estimate of drug-likeness (QED) is 0.465. The van der Waals surface area contributed by atoms with Gasteiger partial charge in [-0.3, -0.25) is 0 Å². The van der Waals surface area contributed by atoms with Gasteiger partial charge in [0.15, 0.2) is 4.80 Å². The van der Waals surface area contributed by atoms with Crippen molar-refractivity contribution in [2.24, 2.45) is 4.99 Å². The largest absolute Gasteiger partial charge is 0.361 e. The van der Waals surface area contributed by atoms with Crippen molar-refractivity contribution in [2.45, 2.75) is 26.8 Å². The van der Waals surface area contributed by atoms with E-state index >= 15 is 0 Å². The molecular weight excluding hydrogens is 362 g/mol. The Labute approximate surface area is 161 Å². The van der Waals surface area contributed by atoms with Crippen molar-refractivity contribution in [3.05, 3.63) is 80.7 Å². The van der Waals surface area contributed by atoms with E-state index in [4.69, 9.17) is 16.6 Å². The van der Waals surface area contributed by atoms with Crippen LogP contribution in [-0.2, 0) is 13.0 Å². The lowest BCUT2D eigenvalue weighted by Gasteiger charge is -2.07. The number of hydrogen-bond acceptors (Lipinski definition) is 2. The molecule has 0 spiro atoms. The number of hydrogen-bond donors (Lipinski definition) is 1. The van der Waals surface area contributed by atoms with Gasteiger partial charge in [-0.1, -0.05) is 35.9 Å². The summed E-state index contributed by atoms with van der Waals surface area (Å²) in [6.45, 7) is 5.04. The standard InChI is InChI=1S/C21H20ClN3S/c1-14-13-26-21(24-19-9-5-7-18(22)15(19)2)25(14)11-10-16-12-23-20-8-4-3-6-17(16)20/h3-9,12-13,23H,10-11H2,1-2H3. The van der Waals surface area contributed by atoms with E-state index in [1.807, 2.05) is 25.1 Å². The summed E-state index contributed by atoms with van der Waals surface area (Å²) in [7, 11) is 0. The molecule has 0 aliphatic heterocycles. The molecule has 3 nitrogen and oxygen atoms in total. The van der Waals surface area contributed by atoms with Gasteiger partial charge >= 0.3 is 0 Å². The van der Waals surface area contributed by atoms with Crippen molar-refractivity contribution in [3.8, 4) is 0 Å². The Bertz CT molecular complexity index is 1130. The molecule has 2 aromatic carbocycles. The van der Waals surface area contributed by atoms with Crippen LogP contribution in [0.25, 0.3) is 10.9 Å². The molecule has 4 aromatic rings. The lowest BCUT2D eigenvalue weighted by molar-refractivity contribution is 0.660. The van der Waals surface area contributed by atoms with Gasteiger partial charge in [0.05, 0.1) is 5.69 Å². The molecule has 0 aliphatic rings. The summed E-state index contributed by atoms with van der Waals surface area (Å²) >= 11 is 7.91. The van der Waals surface area contributed by atoms with Crippen molar-refractivity contribution in [3.63, 3.8) is 0 Å². The van der Waals surface area contributed by atoms with Gasteiger partial charge in [0, 0.05) is 39.7 Å². The van der Waals surface area contributed by atoms with Crippen LogP contribution in [0.1, 0.15) is 16.8 Å². The molecule has 0 fully saturated rings. The lowest BCUT2D eigenvalue weighted by Crippen LogP contribution is -2.17. The minimum Gasteiger partial charge on any atom is -0.361 e. The van der Waals surface area contributed by atoms with E-state index in [1.165, 1.54) is 22.2 Å². The second-order valence-corrected chi connectivity index (χ2v) is 7.66. The van der Waals surface area contributed by atoms with Crippen LogP contribution in [0.2, 0.25) is 5.02 Å². The van der Waals surface area contributed by atoms with Crippen molar-refractivity contribution in [1.29, 1.82) is 0 Å². The number of nitrogens with one attached hydrogen (secondary N) is 1. The molecule has 0 atom stereocenters. The smallest absolute Gasteiger partial charge is 0.190 e. The number of para-hydroxylation sites is 1. The maximum absolute atomic E-state index is 6.24. The van der Waals surface area contributed by atoms with Crippen LogP contribution in [0.3, 0.4) is 0 Å². The van der Waals surface area contributed by atoms with Gasteiger partial charge in [-0.25, -0.2) is 4.99 Å². The Kier molecular flexibility index (Phi) is 4.70. The number of nitrogens with zero attached hydrogens (tertiary/aromatic N) is 2. The van der Waals surface area contributed by atoms with E-state index in [2.05, 4.69) is 52.3 Å². The monoisotopic (exact) mass is 381 g/mol. The van der Waals surface area contributed by atoms with Crippen LogP contribution in [0.4, 0.5) is 5.69 Å². The fourth-order valence-corrected chi connectivity index (χ4v) is 4.25. The number of halogens is 1. The first-order valence-electron chi connectivity index (χ1n) is 8.63. The Hall–Kier alpha value is -2.30. The van der Waals surface area contributed by atoms with Crippen LogP contribution in [-0.4, -0.2) is 9.55 Å². The van der Waals surface area contributed by atoms with Crippen LogP contribution < -0.4 is 4.80 Å². The predicted octanol–water partition coefficient (Wildman–Crippen LogP) is 5.78. The lowest BCUT2D eigenvalue weighted by atomic mass is 10.1. The average molecular weight is 382 g/mol. The van der Waals surface area contributed by atoms with E-state index in [1.54, 1.807) is 11.3 Å². The topological polar surface area (TPSA) is 33.1 Å². The molecule has 4 rings (SSSR count). The number of aryl methyl sites for hydroxylation is 2. The number of rotatable bonds is 4. The van der Waals surface area contributed by atoms with E-state index in [0.29, 0.717) is 0 Å². The first kappa shape index (κ1) is 17.1. The number of H-pyrrole nitrogens is 1. The zero-order valence-corrected chi connectivity index (χ0v) is 16.4. The normalized spacial score (nSPS) is 12.2. The predicted molar refractivity (Wildman–Crippen MR) is 110 cm³/mol. The molecule has 1 N–H and O–H groups in total. The molecule has 0 amide bonds. The van der Waals surface area contributed by atoms with E-state index < -0.39 is 0 Å². The minimum atomic E-state index is 0.755. The number of thiazole rings is 1. The fraction of sp³-hybridized carbons (Fsp3) is 0.190. The third-order valence-corrected chi connectivity index (χ3v) is 6.12. The Morgan fingerprint density at radius 3 is 2.85 bits per heavy atom. The minimum absolute atomic E-state index is 0.755. The Balaban J connectivity index is 1.67. The van der Waals surface area contributed by atoms with Crippen molar-refractivity contribution in [1.82, 2.24) is 9.55 Å². The highest BCUT2D eigenvalue weighted by Crippen LogP contribution is 2.25. The van der Waals surface area contributed by atoms with E-state index in [0.717, 1.165) is 34.0 Å². The van der Waals surface area contributed by atoms with Gasteiger partial charge in [0.25, 0.3) is 0 Å². The summed E-state index contributed by atoms with van der Waals surface area (Å²) in [5.74, 6) is 0. The third-order valence-electron chi connectivity index (χ3n) is 4.73. The van der Waals surface area contributed by atoms with Crippen LogP contribution >= 0.6 is 22.9 Å². The maximum atomic E-state index is 6.24. The highest BCUT2D eigenvalue weighted by atomic mass is 35.5. The highest BCUT2D eigenvalue weighted by molar-refractivity contribution is 7.07. The zero-order chi connectivity index (χ0) is 18.1. The summed E-state index contributed by atoms with van der Waals surface area (Å²) in [4.78, 5) is 9.24. The highest BCUT2D eigenvalue weighted by Gasteiger charge is 2.07. The second-order valence-electron chi connectivity index (χ2n) is 6.42. The number of aromatic amines is 1. The second kappa shape index (κ2) is 7.14. The van der Waals surface area contributed by atoms with Crippen LogP contribution in [0.5, 0.6) is 0 Å². The molecule has 0 saturated carbocycles. The first-order valence-corrected chi connectivity index (χ1v) is 9.89. The summed E-state index contributed by atoms with van der Waals surface area (Å²) in [5.41, 5.74) is 5.70. The molecule has 0 aliphatic carbocycles. The van der Waals surface area contributed by atoms with Crippen molar-refractivity contribution >= 4 is 39.5 Å². The molecule has 5 heteroatoms. The average Bonchev–Trinajstić information content (AvgIpc) is 3.21. The van der Waals surface area contributed by atoms with Gasteiger partial charge in [0.1, 0.15) is 0 Å². The fourth-order valence-electron chi connectivity index (χ4n) is 3.17. The molecule has 132 valence electrons. The Morgan fingerprint density at radius 2 is 1.96 bits per heavy atom. The van der Waals surface area contributed by atoms with Gasteiger partial charge in [-0.2, -0.15) is 0 Å². The van der Waals surface area contributed by atoms with Gasteiger partial charge in [-0.05, 0) is 49.6 Å². The summed E-state index contributed by atoms with van der Waals surface area (Å²) < 4.78 is 2.28. The molecule has 2 aromatic heterocycles. The molecule has 26 heavy (non-hydrogen) atoms. The van der Waals surface area contributed by atoms with Gasteiger partial charge in [-0.15, -0.1) is 11.3 Å². The summed E-state index contributed by atoms with van der Waals surface area (Å²) in [5, 5.41) is 4.21. The van der Waals surface area contributed by atoms with Gasteiger partial charge in [0.2, 0.25) is 0 Å². The maximum Gasteiger partial charge on any atom is 0.190 e. The van der Waals surface area contributed by atoms with Crippen molar-refractivity contribution < 1.29 is 0 Å². The third kappa shape index (κ3) is 3.22. The molecule has 0 radical (unpaired) electrons.